The van der Waals surface area contributed by atoms with Crippen LogP contribution in [0.2, 0.25) is 19.6 Å². The summed E-state index contributed by atoms with van der Waals surface area (Å²) in [4.78, 5) is 24.5. The third kappa shape index (κ3) is 8.43. The van der Waals surface area contributed by atoms with E-state index in [1.807, 2.05) is 32.0 Å². The number of carbonyl (C=O) groups is 2. The molecule has 0 heterocycles. The minimum Gasteiger partial charge on any atom is -0.460 e. The molecule has 0 bridgehead atoms. The second-order valence-electron chi connectivity index (χ2n) is 8.17. The standard InChI is InChI=1S/C21H33NO4Si/c1-7-13-25-20(23)18(14-16(2)3)22-21(24)26-15-19(27(4,5)6)17-11-9-8-10-12-17/h7-12,16,18-19H,1,13-15H2,2-6H3,(H,22,24)/t18-,19?/m0/s1. The lowest BCUT2D eigenvalue weighted by atomic mass is 10.0. The third-order valence-corrected chi connectivity index (χ3v) is 6.85. The second kappa shape index (κ2) is 10.9. The van der Waals surface area contributed by atoms with Gasteiger partial charge in [0.15, 0.2) is 0 Å². The normalized spacial score (nSPS) is 13.6. The van der Waals surface area contributed by atoms with E-state index in [0.717, 1.165) is 0 Å². The zero-order valence-corrected chi connectivity index (χ0v) is 18.2. The van der Waals surface area contributed by atoms with E-state index in [9.17, 15) is 9.59 Å². The summed E-state index contributed by atoms with van der Waals surface area (Å²) in [5.74, 6) is -0.240. The van der Waals surface area contributed by atoms with Gasteiger partial charge in [-0.2, -0.15) is 0 Å². The largest absolute Gasteiger partial charge is 0.460 e. The number of nitrogens with one attached hydrogen (secondary N) is 1. The predicted molar refractivity (Wildman–Crippen MR) is 111 cm³/mol. The van der Waals surface area contributed by atoms with E-state index >= 15 is 0 Å². The number of alkyl carbamates (subject to hydrolysis) is 1. The van der Waals surface area contributed by atoms with E-state index < -0.39 is 26.2 Å². The van der Waals surface area contributed by atoms with Crippen molar-refractivity contribution in [2.75, 3.05) is 13.2 Å². The van der Waals surface area contributed by atoms with Crippen LogP contribution in [0.3, 0.4) is 0 Å². The van der Waals surface area contributed by atoms with Crippen LogP contribution in [0.5, 0.6) is 0 Å². The van der Waals surface area contributed by atoms with Gasteiger partial charge < -0.3 is 14.8 Å². The summed E-state index contributed by atoms with van der Waals surface area (Å²) >= 11 is 0. The summed E-state index contributed by atoms with van der Waals surface area (Å²) in [6.45, 7) is 14.7. The molecule has 1 unspecified atom stereocenters. The summed E-state index contributed by atoms with van der Waals surface area (Å²) in [7, 11) is -1.61. The average Bonchev–Trinajstić information content (AvgIpc) is 2.58. The van der Waals surface area contributed by atoms with Crippen LogP contribution < -0.4 is 5.32 Å². The molecule has 0 saturated heterocycles. The molecule has 27 heavy (non-hydrogen) atoms. The first-order chi connectivity index (χ1) is 12.6. The van der Waals surface area contributed by atoms with Crippen molar-refractivity contribution in [3.8, 4) is 0 Å². The van der Waals surface area contributed by atoms with Crippen LogP contribution >= 0.6 is 0 Å². The molecule has 0 aliphatic rings. The van der Waals surface area contributed by atoms with Crippen molar-refractivity contribution in [3.05, 3.63) is 48.6 Å². The molecule has 2 atom stereocenters. The van der Waals surface area contributed by atoms with Crippen molar-refractivity contribution in [2.45, 2.75) is 51.5 Å². The van der Waals surface area contributed by atoms with Gasteiger partial charge in [-0.1, -0.05) is 76.5 Å². The maximum absolute atomic E-state index is 12.3. The first kappa shape index (κ1) is 23.0. The Bertz CT molecular complexity index is 610. The first-order valence-electron chi connectivity index (χ1n) is 9.41. The number of carbonyl (C=O) groups excluding carboxylic acids is 2. The van der Waals surface area contributed by atoms with Gasteiger partial charge in [-0.15, -0.1) is 0 Å². The van der Waals surface area contributed by atoms with Gasteiger partial charge in [0.1, 0.15) is 12.6 Å². The van der Waals surface area contributed by atoms with Crippen LogP contribution in [0.4, 0.5) is 4.79 Å². The third-order valence-electron chi connectivity index (χ3n) is 4.26. The summed E-state index contributed by atoms with van der Waals surface area (Å²) in [5, 5.41) is 2.66. The van der Waals surface area contributed by atoms with Crippen molar-refractivity contribution in [1.29, 1.82) is 0 Å². The summed E-state index contributed by atoms with van der Waals surface area (Å²) in [6, 6.07) is 9.38. The summed E-state index contributed by atoms with van der Waals surface area (Å²) in [5.41, 5.74) is 1.36. The fourth-order valence-electron chi connectivity index (χ4n) is 2.80. The fraction of sp³-hybridized carbons (Fsp3) is 0.524. The predicted octanol–water partition coefficient (Wildman–Crippen LogP) is 4.52. The highest BCUT2D eigenvalue weighted by molar-refractivity contribution is 6.77. The van der Waals surface area contributed by atoms with E-state index in [2.05, 4.69) is 43.7 Å². The number of hydrogen-bond acceptors (Lipinski definition) is 4. The smallest absolute Gasteiger partial charge is 0.407 e. The van der Waals surface area contributed by atoms with Gasteiger partial charge in [-0.3, -0.25) is 0 Å². The molecule has 150 valence electrons. The Morgan fingerprint density at radius 2 is 1.78 bits per heavy atom. The summed E-state index contributed by atoms with van der Waals surface area (Å²) in [6.07, 6.45) is 1.40. The molecule has 5 nitrogen and oxygen atoms in total. The van der Waals surface area contributed by atoms with Crippen LogP contribution in [0, 0.1) is 5.92 Å². The van der Waals surface area contributed by atoms with Gasteiger partial charge >= 0.3 is 12.1 Å². The Morgan fingerprint density at radius 1 is 1.15 bits per heavy atom. The number of esters is 1. The molecule has 1 aromatic rings. The quantitative estimate of drug-likeness (QED) is 0.362. The van der Waals surface area contributed by atoms with Gasteiger partial charge in [0.2, 0.25) is 0 Å². The van der Waals surface area contributed by atoms with Gasteiger partial charge in [0.05, 0.1) is 14.7 Å². The molecule has 1 rings (SSSR count). The second-order valence-corrected chi connectivity index (χ2v) is 13.6. The molecular weight excluding hydrogens is 358 g/mol. The lowest BCUT2D eigenvalue weighted by Gasteiger charge is -2.29. The van der Waals surface area contributed by atoms with E-state index in [1.165, 1.54) is 11.6 Å². The van der Waals surface area contributed by atoms with Crippen molar-refractivity contribution >= 4 is 20.1 Å². The molecule has 0 fully saturated rings. The average molecular weight is 392 g/mol. The van der Waals surface area contributed by atoms with Crippen LogP contribution in [0.1, 0.15) is 31.4 Å². The molecule has 0 aliphatic carbocycles. The molecule has 0 spiro atoms. The molecule has 0 saturated carbocycles. The number of hydrogen-bond donors (Lipinski definition) is 1. The Balaban J connectivity index is 2.73. The highest BCUT2D eigenvalue weighted by atomic mass is 28.3. The zero-order valence-electron chi connectivity index (χ0n) is 17.2. The van der Waals surface area contributed by atoms with Crippen LogP contribution in [-0.2, 0) is 14.3 Å². The van der Waals surface area contributed by atoms with Crippen molar-refractivity contribution in [3.63, 3.8) is 0 Å². The number of benzene rings is 1. The molecule has 0 aromatic heterocycles. The lowest BCUT2D eigenvalue weighted by molar-refractivity contribution is -0.145. The molecule has 1 amide bonds. The van der Waals surface area contributed by atoms with Gasteiger partial charge in [-0.05, 0) is 17.9 Å². The zero-order chi connectivity index (χ0) is 20.4. The Kier molecular flexibility index (Phi) is 9.28. The van der Waals surface area contributed by atoms with Gasteiger partial charge in [0.25, 0.3) is 0 Å². The molecule has 0 aliphatic heterocycles. The Morgan fingerprint density at radius 3 is 2.30 bits per heavy atom. The minimum atomic E-state index is -1.61. The van der Waals surface area contributed by atoms with Gasteiger partial charge in [0, 0.05) is 5.54 Å². The maximum atomic E-state index is 12.3. The lowest BCUT2D eigenvalue weighted by Crippen LogP contribution is -2.44. The molecule has 1 aromatic carbocycles. The van der Waals surface area contributed by atoms with E-state index in [0.29, 0.717) is 13.0 Å². The molecule has 1 N–H and O–H groups in total. The highest BCUT2D eigenvalue weighted by Crippen LogP contribution is 2.27. The topological polar surface area (TPSA) is 64.6 Å². The van der Waals surface area contributed by atoms with E-state index in [4.69, 9.17) is 9.47 Å². The Hall–Kier alpha value is -2.08. The highest BCUT2D eigenvalue weighted by Gasteiger charge is 2.30. The molecular formula is C21H33NO4Si. The minimum absolute atomic E-state index is 0.121. The van der Waals surface area contributed by atoms with Crippen molar-refractivity contribution in [2.24, 2.45) is 5.92 Å². The fourth-order valence-corrected chi connectivity index (χ4v) is 4.58. The monoisotopic (exact) mass is 391 g/mol. The van der Waals surface area contributed by atoms with Crippen molar-refractivity contribution in [1.82, 2.24) is 5.32 Å². The number of amides is 1. The SMILES string of the molecule is C=CCOC(=O)[C@H](CC(C)C)NC(=O)OCC(c1ccccc1)[Si](C)(C)C. The molecule has 0 radical (unpaired) electrons. The van der Waals surface area contributed by atoms with E-state index in [1.54, 1.807) is 0 Å². The van der Waals surface area contributed by atoms with Crippen LogP contribution in [0.25, 0.3) is 0 Å². The number of ether oxygens (including phenoxy) is 2. The van der Waals surface area contributed by atoms with Crippen LogP contribution in [-0.4, -0.2) is 39.4 Å². The summed E-state index contributed by atoms with van der Waals surface area (Å²) < 4.78 is 10.6. The maximum Gasteiger partial charge on any atom is 0.407 e. The first-order valence-corrected chi connectivity index (χ1v) is 13.0. The van der Waals surface area contributed by atoms with E-state index in [-0.39, 0.29) is 18.1 Å². The Labute approximate surface area is 164 Å². The molecule has 6 heteroatoms. The van der Waals surface area contributed by atoms with Gasteiger partial charge in [-0.25, -0.2) is 9.59 Å². The van der Waals surface area contributed by atoms with Crippen LogP contribution in [0.15, 0.2) is 43.0 Å². The number of rotatable bonds is 10. The van der Waals surface area contributed by atoms with Crippen molar-refractivity contribution < 1.29 is 19.1 Å².